The van der Waals surface area contributed by atoms with Crippen LogP contribution in [0.3, 0.4) is 0 Å². The Morgan fingerprint density at radius 3 is 2.40 bits per heavy atom. The summed E-state index contributed by atoms with van der Waals surface area (Å²) in [6.07, 6.45) is 0. The van der Waals surface area contributed by atoms with Crippen molar-refractivity contribution in [3.8, 4) is 0 Å². The van der Waals surface area contributed by atoms with Crippen LogP contribution < -0.4 is 5.63 Å². The molecule has 3 aromatic rings. The molecule has 0 aliphatic carbocycles. The first-order valence-electron chi connectivity index (χ1n) is 9.76. The number of hydrogen-bond donors (Lipinski definition) is 0. The van der Waals surface area contributed by atoms with E-state index in [-0.39, 0.29) is 4.90 Å². The topological polar surface area (TPSA) is 70.8 Å². The van der Waals surface area contributed by atoms with Gasteiger partial charge in [-0.05, 0) is 60.9 Å². The third-order valence-electron chi connectivity index (χ3n) is 5.60. The minimum atomic E-state index is -3.73. The van der Waals surface area contributed by atoms with E-state index in [2.05, 4.69) is 4.90 Å². The summed E-state index contributed by atoms with van der Waals surface area (Å²) in [7, 11) is -3.73. The number of benzene rings is 2. The van der Waals surface area contributed by atoms with Crippen LogP contribution in [-0.4, -0.2) is 43.8 Å². The van der Waals surface area contributed by atoms with E-state index >= 15 is 0 Å². The number of sulfonamides is 1. The molecule has 0 bridgehead atoms. The van der Waals surface area contributed by atoms with Crippen LogP contribution in [0.1, 0.15) is 16.7 Å². The second-order valence-electron chi connectivity index (χ2n) is 7.66. The van der Waals surface area contributed by atoms with Crippen molar-refractivity contribution in [2.24, 2.45) is 0 Å². The highest BCUT2D eigenvalue weighted by molar-refractivity contribution is 7.89. The molecule has 0 amide bonds. The summed E-state index contributed by atoms with van der Waals surface area (Å²) in [5, 5.41) is 0.896. The first-order valence-corrected chi connectivity index (χ1v) is 11.2. The van der Waals surface area contributed by atoms with Gasteiger partial charge in [0.2, 0.25) is 10.0 Å². The average molecular weight is 431 g/mol. The molecule has 158 valence electrons. The van der Waals surface area contributed by atoms with Gasteiger partial charge < -0.3 is 4.42 Å². The number of rotatable bonds is 4. The highest BCUT2D eigenvalue weighted by Crippen LogP contribution is 2.24. The average Bonchev–Trinajstić information content (AvgIpc) is 2.70. The van der Waals surface area contributed by atoms with Gasteiger partial charge >= 0.3 is 5.63 Å². The predicted octanol–water partition coefficient (Wildman–Crippen LogP) is 3.06. The third-order valence-corrected chi connectivity index (χ3v) is 7.50. The lowest BCUT2D eigenvalue weighted by atomic mass is 10.0. The van der Waals surface area contributed by atoms with Gasteiger partial charge in [0.15, 0.2) is 0 Å². The highest BCUT2D eigenvalue weighted by atomic mass is 32.2. The fourth-order valence-electron chi connectivity index (χ4n) is 3.76. The summed E-state index contributed by atoms with van der Waals surface area (Å²) in [6, 6.07) is 10.5. The van der Waals surface area contributed by atoms with Gasteiger partial charge in [0, 0.05) is 44.2 Å². The zero-order chi connectivity index (χ0) is 21.5. The molecule has 30 heavy (non-hydrogen) atoms. The summed E-state index contributed by atoms with van der Waals surface area (Å²) in [4.78, 5) is 14.1. The second kappa shape index (κ2) is 7.94. The van der Waals surface area contributed by atoms with Gasteiger partial charge in [0.1, 0.15) is 11.4 Å². The fourth-order valence-corrected chi connectivity index (χ4v) is 5.21. The summed E-state index contributed by atoms with van der Waals surface area (Å²) in [5.41, 5.74) is 3.20. The molecule has 2 heterocycles. The largest absolute Gasteiger partial charge is 0.423 e. The number of fused-ring (bicyclic) bond motifs is 1. The van der Waals surface area contributed by atoms with Crippen LogP contribution in [0.15, 0.2) is 56.6 Å². The molecule has 0 atom stereocenters. The third kappa shape index (κ3) is 4.03. The number of piperazine rings is 1. The zero-order valence-electron chi connectivity index (χ0n) is 16.9. The first-order chi connectivity index (χ1) is 14.2. The summed E-state index contributed by atoms with van der Waals surface area (Å²) >= 11 is 0. The van der Waals surface area contributed by atoms with Crippen LogP contribution >= 0.6 is 0 Å². The smallest absolute Gasteiger partial charge is 0.336 e. The summed E-state index contributed by atoms with van der Waals surface area (Å²) in [6.45, 7) is 6.15. The molecule has 1 fully saturated rings. The van der Waals surface area contributed by atoms with Crippen molar-refractivity contribution < 1.29 is 17.2 Å². The van der Waals surface area contributed by atoms with Crippen LogP contribution in [0.2, 0.25) is 0 Å². The highest BCUT2D eigenvalue weighted by Gasteiger charge is 2.29. The normalized spacial score (nSPS) is 16.2. The van der Waals surface area contributed by atoms with Crippen molar-refractivity contribution in [1.82, 2.24) is 9.21 Å². The van der Waals surface area contributed by atoms with Crippen LogP contribution in [0.5, 0.6) is 0 Å². The van der Waals surface area contributed by atoms with Crippen LogP contribution in [0.25, 0.3) is 11.0 Å². The van der Waals surface area contributed by atoms with Crippen molar-refractivity contribution >= 4 is 21.0 Å². The lowest BCUT2D eigenvalue weighted by molar-refractivity contribution is 0.182. The maximum absolute atomic E-state index is 13.5. The summed E-state index contributed by atoms with van der Waals surface area (Å²) < 4.78 is 45.8. The molecule has 0 unspecified atom stereocenters. The van der Waals surface area contributed by atoms with E-state index in [1.807, 2.05) is 26.0 Å². The Balaban J connectivity index is 1.52. The van der Waals surface area contributed by atoms with Gasteiger partial charge in [-0.1, -0.05) is 6.07 Å². The van der Waals surface area contributed by atoms with E-state index in [4.69, 9.17) is 4.42 Å². The Morgan fingerprint density at radius 1 is 1.00 bits per heavy atom. The van der Waals surface area contributed by atoms with Gasteiger partial charge in [-0.25, -0.2) is 17.6 Å². The van der Waals surface area contributed by atoms with Gasteiger partial charge in [-0.15, -0.1) is 0 Å². The Labute approximate surface area is 174 Å². The van der Waals surface area contributed by atoms with Crippen molar-refractivity contribution in [2.45, 2.75) is 25.3 Å². The minimum absolute atomic E-state index is 0.0338. The van der Waals surface area contributed by atoms with Gasteiger partial charge in [0.05, 0.1) is 4.90 Å². The maximum Gasteiger partial charge on any atom is 0.336 e. The van der Waals surface area contributed by atoms with Crippen molar-refractivity contribution in [2.75, 3.05) is 26.2 Å². The lowest BCUT2D eigenvalue weighted by Crippen LogP contribution is -2.48. The SMILES string of the molecule is Cc1cc2oc(=O)cc(CN3CCN(S(=O)(=O)c4cccc(F)c4)CC3)c2cc1C. The molecule has 6 nitrogen and oxygen atoms in total. The Bertz CT molecular complexity index is 1260. The predicted molar refractivity (Wildman–Crippen MR) is 112 cm³/mol. The molecule has 1 aliphatic rings. The van der Waals surface area contributed by atoms with Crippen molar-refractivity contribution in [1.29, 1.82) is 0 Å². The van der Waals surface area contributed by atoms with Crippen molar-refractivity contribution in [3.63, 3.8) is 0 Å². The van der Waals surface area contributed by atoms with E-state index in [0.29, 0.717) is 38.3 Å². The molecule has 0 radical (unpaired) electrons. The number of aryl methyl sites for hydroxylation is 2. The molecule has 8 heteroatoms. The van der Waals surface area contributed by atoms with E-state index in [0.717, 1.165) is 28.1 Å². The van der Waals surface area contributed by atoms with Crippen LogP contribution in [0.4, 0.5) is 4.39 Å². The molecule has 0 spiro atoms. The molecular weight excluding hydrogens is 407 g/mol. The summed E-state index contributed by atoms with van der Waals surface area (Å²) in [5.74, 6) is -0.574. The maximum atomic E-state index is 13.5. The molecule has 4 rings (SSSR count). The van der Waals surface area contributed by atoms with Gasteiger partial charge in [0.25, 0.3) is 0 Å². The number of nitrogens with zero attached hydrogens (tertiary/aromatic N) is 2. The molecule has 1 saturated heterocycles. The zero-order valence-corrected chi connectivity index (χ0v) is 17.7. The molecule has 0 N–H and O–H groups in total. The van der Waals surface area contributed by atoms with Gasteiger partial charge in [-0.2, -0.15) is 4.31 Å². The number of hydrogen-bond acceptors (Lipinski definition) is 5. The minimum Gasteiger partial charge on any atom is -0.423 e. The second-order valence-corrected chi connectivity index (χ2v) is 9.60. The Kier molecular flexibility index (Phi) is 5.48. The van der Waals surface area contributed by atoms with E-state index in [9.17, 15) is 17.6 Å². The van der Waals surface area contributed by atoms with Crippen LogP contribution in [0, 0.1) is 19.7 Å². The standard InChI is InChI=1S/C22H23FN2O4S/c1-15-10-20-17(12-22(26)29-21(20)11-16(15)2)14-24-6-8-25(9-7-24)30(27,28)19-5-3-4-18(23)13-19/h3-5,10-13H,6-9,14H2,1-2H3. The Morgan fingerprint density at radius 2 is 1.70 bits per heavy atom. The molecule has 2 aromatic carbocycles. The fraction of sp³-hybridized carbons (Fsp3) is 0.318. The molecular formula is C22H23FN2O4S. The first kappa shape index (κ1) is 20.7. The Hall–Kier alpha value is -2.55. The number of halogens is 1. The van der Waals surface area contributed by atoms with Crippen molar-refractivity contribution in [3.05, 3.63) is 75.4 Å². The van der Waals surface area contributed by atoms with E-state index in [1.54, 1.807) is 0 Å². The molecule has 0 saturated carbocycles. The van der Waals surface area contributed by atoms with Gasteiger partial charge in [-0.3, -0.25) is 4.90 Å². The molecule has 1 aromatic heterocycles. The quantitative estimate of drug-likeness (QED) is 0.595. The lowest BCUT2D eigenvalue weighted by Gasteiger charge is -2.34. The molecule has 1 aliphatic heterocycles. The van der Waals surface area contributed by atoms with E-state index < -0.39 is 21.5 Å². The monoisotopic (exact) mass is 430 g/mol. The van der Waals surface area contributed by atoms with Crippen LogP contribution in [-0.2, 0) is 16.6 Å². The van der Waals surface area contributed by atoms with E-state index in [1.165, 1.54) is 28.6 Å².